The highest BCUT2D eigenvalue weighted by molar-refractivity contribution is 14.1. The highest BCUT2D eigenvalue weighted by Gasteiger charge is 2.20. The van der Waals surface area contributed by atoms with Gasteiger partial charge in [-0.1, -0.05) is 15.9 Å². The molecular weight excluding hydrogens is 429 g/mol. The zero-order valence-electron chi connectivity index (χ0n) is 10.9. The Morgan fingerprint density at radius 1 is 1.15 bits per heavy atom. The van der Waals surface area contributed by atoms with Gasteiger partial charge in [-0.25, -0.2) is 0 Å². The molecule has 4 heteroatoms. The average molecular weight is 444 g/mol. The van der Waals surface area contributed by atoms with Crippen molar-refractivity contribution in [2.75, 3.05) is 0 Å². The molecule has 0 bridgehead atoms. The molecule has 2 nitrogen and oxygen atoms in total. The van der Waals surface area contributed by atoms with Crippen LogP contribution in [0.2, 0.25) is 0 Å². The van der Waals surface area contributed by atoms with E-state index in [1.807, 2.05) is 24.3 Å². The Hall–Kier alpha value is -0.590. The van der Waals surface area contributed by atoms with E-state index in [0.29, 0.717) is 6.04 Å². The molecule has 1 aliphatic rings. The first-order chi connectivity index (χ1) is 9.70. The molecule has 0 unspecified atom stereocenters. The van der Waals surface area contributed by atoms with Crippen LogP contribution in [0.4, 0.5) is 0 Å². The standard InChI is InChI=1S/C16H15BrINO/c17-12-1-8-16(11(9-12)10-19-14-4-5-14)20-15-6-2-13(18)3-7-15/h1-3,6-9,14,19H,4-5,10H2. The van der Waals surface area contributed by atoms with Gasteiger partial charge in [0.2, 0.25) is 0 Å². The normalized spacial score (nSPS) is 14.3. The van der Waals surface area contributed by atoms with Gasteiger partial charge < -0.3 is 10.1 Å². The van der Waals surface area contributed by atoms with E-state index >= 15 is 0 Å². The summed E-state index contributed by atoms with van der Waals surface area (Å²) in [5, 5.41) is 3.53. The van der Waals surface area contributed by atoms with Crippen LogP contribution in [0.3, 0.4) is 0 Å². The molecule has 2 aromatic carbocycles. The number of rotatable bonds is 5. The van der Waals surface area contributed by atoms with Crippen molar-refractivity contribution in [3.63, 3.8) is 0 Å². The van der Waals surface area contributed by atoms with Gasteiger partial charge in [0.1, 0.15) is 11.5 Å². The van der Waals surface area contributed by atoms with E-state index in [1.165, 1.54) is 22.0 Å². The number of nitrogens with one attached hydrogen (secondary N) is 1. The van der Waals surface area contributed by atoms with E-state index in [9.17, 15) is 0 Å². The van der Waals surface area contributed by atoms with Crippen molar-refractivity contribution in [3.05, 3.63) is 56.1 Å². The van der Waals surface area contributed by atoms with Crippen molar-refractivity contribution in [2.24, 2.45) is 0 Å². The third-order valence-electron chi connectivity index (χ3n) is 3.22. The molecule has 1 fully saturated rings. The van der Waals surface area contributed by atoms with Gasteiger partial charge in [0.05, 0.1) is 0 Å². The summed E-state index contributed by atoms with van der Waals surface area (Å²) in [6, 6.07) is 15.0. The van der Waals surface area contributed by atoms with E-state index in [-0.39, 0.29) is 0 Å². The molecule has 20 heavy (non-hydrogen) atoms. The molecular formula is C16H15BrINO. The minimum absolute atomic E-state index is 0.695. The highest BCUT2D eigenvalue weighted by Crippen LogP contribution is 2.29. The van der Waals surface area contributed by atoms with Gasteiger partial charge in [-0.05, 0) is 77.9 Å². The first-order valence-electron chi connectivity index (χ1n) is 6.66. The Labute approximate surface area is 141 Å². The molecule has 0 heterocycles. The third kappa shape index (κ3) is 3.96. The maximum absolute atomic E-state index is 6.01. The van der Waals surface area contributed by atoms with Crippen LogP contribution < -0.4 is 10.1 Å². The van der Waals surface area contributed by atoms with Crippen LogP contribution in [0.15, 0.2) is 46.9 Å². The number of ether oxygens (including phenoxy) is 1. The van der Waals surface area contributed by atoms with Crippen molar-refractivity contribution in [3.8, 4) is 11.5 Å². The first kappa shape index (κ1) is 14.4. The molecule has 0 radical (unpaired) electrons. The molecule has 1 N–H and O–H groups in total. The van der Waals surface area contributed by atoms with E-state index < -0.39 is 0 Å². The van der Waals surface area contributed by atoms with Crippen molar-refractivity contribution >= 4 is 38.5 Å². The molecule has 0 aliphatic heterocycles. The monoisotopic (exact) mass is 443 g/mol. The van der Waals surface area contributed by atoms with Crippen LogP contribution in [0, 0.1) is 3.57 Å². The summed E-state index contributed by atoms with van der Waals surface area (Å²) < 4.78 is 8.30. The number of hydrogen-bond donors (Lipinski definition) is 1. The first-order valence-corrected chi connectivity index (χ1v) is 8.53. The van der Waals surface area contributed by atoms with Crippen molar-refractivity contribution in [1.82, 2.24) is 5.32 Å². The molecule has 1 aliphatic carbocycles. The van der Waals surface area contributed by atoms with E-state index in [2.05, 4.69) is 62.0 Å². The predicted molar refractivity (Wildman–Crippen MR) is 93.2 cm³/mol. The molecule has 0 atom stereocenters. The largest absolute Gasteiger partial charge is 0.457 e. The quantitative estimate of drug-likeness (QED) is 0.649. The van der Waals surface area contributed by atoms with Crippen LogP contribution in [-0.2, 0) is 6.54 Å². The van der Waals surface area contributed by atoms with Crippen LogP contribution in [0.5, 0.6) is 11.5 Å². The maximum atomic E-state index is 6.01. The van der Waals surface area contributed by atoms with E-state index in [1.54, 1.807) is 0 Å². The predicted octanol–water partition coefficient (Wildman–Crippen LogP) is 5.10. The van der Waals surface area contributed by atoms with Gasteiger partial charge in [0, 0.05) is 26.2 Å². The summed E-state index contributed by atoms with van der Waals surface area (Å²) in [7, 11) is 0. The molecule has 0 amide bonds. The van der Waals surface area contributed by atoms with Crippen LogP contribution in [-0.4, -0.2) is 6.04 Å². The van der Waals surface area contributed by atoms with Gasteiger partial charge in [-0.15, -0.1) is 0 Å². The van der Waals surface area contributed by atoms with Crippen LogP contribution in [0.1, 0.15) is 18.4 Å². The lowest BCUT2D eigenvalue weighted by Crippen LogP contribution is -2.15. The second kappa shape index (κ2) is 6.45. The Kier molecular flexibility index (Phi) is 4.63. The Bertz CT molecular complexity index is 596. The molecule has 0 spiro atoms. The molecule has 3 rings (SSSR count). The maximum Gasteiger partial charge on any atom is 0.131 e. The lowest BCUT2D eigenvalue weighted by atomic mass is 10.2. The second-order valence-corrected chi connectivity index (χ2v) is 7.12. The fourth-order valence-electron chi connectivity index (χ4n) is 1.96. The Morgan fingerprint density at radius 2 is 1.90 bits per heavy atom. The van der Waals surface area contributed by atoms with E-state index in [4.69, 9.17) is 4.74 Å². The summed E-state index contributed by atoms with van der Waals surface area (Å²) in [5.74, 6) is 1.79. The Morgan fingerprint density at radius 3 is 2.60 bits per heavy atom. The molecule has 1 saturated carbocycles. The number of hydrogen-bond acceptors (Lipinski definition) is 2. The Balaban J connectivity index is 1.77. The van der Waals surface area contributed by atoms with E-state index in [0.717, 1.165) is 22.5 Å². The summed E-state index contributed by atoms with van der Waals surface area (Å²) in [5.41, 5.74) is 1.19. The fourth-order valence-corrected chi connectivity index (χ4v) is 2.73. The lowest BCUT2D eigenvalue weighted by Gasteiger charge is -2.12. The highest BCUT2D eigenvalue weighted by atomic mass is 127. The number of benzene rings is 2. The van der Waals surface area contributed by atoms with Crippen LogP contribution >= 0.6 is 38.5 Å². The molecule has 2 aromatic rings. The summed E-state index contributed by atoms with van der Waals surface area (Å²) in [6.07, 6.45) is 2.59. The van der Waals surface area contributed by atoms with Gasteiger partial charge in [0.15, 0.2) is 0 Å². The third-order valence-corrected chi connectivity index (χ3v) is 4.43. The van der Waals surface area contributed by atoms with Crippen molar-refractivity contribution < 1.29 is 4.74 Å². The second-order valence-electron chi connectivity index (χ2n) is 4.96. The van der Waals surface area contributed by atoms with Gasteiger partial charge >= 0.3 is 0 Å². The zero-order valence-corrected chi connectivity index (χ0v) is 14.6. The SMILES string of the molecule is Brc1ccc(Oc2ccc(I)cc2)c(CNC2CC2)c1. The smallest absolute Gasteiger partial charge is 0.131 e. The minimum atomic E-state index is 0.695. The summed E-state index contributed by atoms with van der Waals surface area (Å²) in [4.78, 5) is 0. The zero-order chi connectivity index (χ0) is 13.9. The molecule has 0 aromatic heterocycles. The summed E-state index contributed by atoms with van der Waals surface area (Å²) >= 11 is 5.82. The lowest BCUT2D eigenvalue weighted by molar-refractivity contribution is 0.472. The topological polar surface area (TPSA) is 21.3 Å². The summed E-state index contributed by atoms with van der Waals surface area (Å²) in [6.45, 7) is 0.851. The van der Waals surface area contributed by atoms with Crippen LogP contribution in [0.25, 0.3) is 0 Å². The minimum Gasteiger partial charge on any atom is -0.457 e. The molecule has 104 valence electrons. The van der Waals surface area contributed by atoms with Gasteiger partial charge in [-0.3, -0.25) is 0 Å². The average Bonchev–Trinajstić information content (AvgIpc) is 3.25. The van der Waals surface area contributed by atoms with Crippen molar-refractivity contribution in [2.45, 2.75) is 25.4 Å². The molecule has 0 saturated heterocycles. The fraction of sp³-hybridized carbons (Fsp3) is 0.250. The van der Waals surface area contributed by atoms with Crippen molar-refractivity contribution in [1.29, 1.82) is 0 Å². The number of halogens is 2. The van der Waals surface area contributed by atoms with Gasteiger partial charge in [-0.2, -0.15) is 0 Å². The van der Waals surface area contributed by atoms with Gasteiger partial charge in [0.25, 0.3) is 0 Å².